The smallest absolute Gasteiger partial charge is 0.282 e. The second kappa shape index (κ2) is 4.03. The lowest BCUT2D eigenvalue weighted by Gasteiger charge is -2.36. The van der Waals surface area contributed by atoms with Crippen LogP contribution in [0.25, 0.3) is 0 Å². The van der Waals surface area contributed by atoms with Crippen LogP contribution < -0.4 is 5.32 Å². The van der Waals surface area contributed by atoms with E-state index in [0.29, 0.717) is 0 Å². The largest absolute Gasteiger partial charge is 0.388 e. The van der Waals surface area contributed by atoms with Crippen molar-refractivity contribution in [1.82, 2.24) is 15.5 Å². The number of halogens is 1. The first kappa shape index (κ1) is 10.8. The van der Waals surface area contributed by atoms with Crippen molar-refractivity contribution in [2.45, 2.75) is 24.9 Å². The zero-order valence-corrected chi connectivity index (χ0v) is 9.44. The summed E-state index contributed by atoms with van der Waals surface area (Å²) in [4.78, 5) is 11.5. The third-order valence-electron chi connectivity index (χ3n) is 2.46. The monoisotopic (exact) mass is 247 g/mol. The van der Waals surface area contributed by atoms with E-state index in [1.165, 1.54) is 0 Å². The second-order valence-corrected chi connectivity index (χ2v) is 5.18. The first-order valence-electron chi connectivity index (χ1n) is 4.59. The average Bonchev–Trinajstić information content (AvgIpc) is 2.58. The summed E-state index contributed by atoms with van der Waals surface area (Å²) in [6, 6.07) is 0. The van der Waals surface area contributed by atoms with Crippen LogP contribution in [0, 0.1) is 0 Å². The van der Waals surface area contributed by atoms with Crippen LogP contribution in [0.3, 0.4) is 0 Å². The molecule has 15 heavy (non-hydrogen) atoms. The normalized spacial score (nSPS) is 18.3. The van der Waals surface area contributed by atoms with E-state index in [-0.39, 0.29) is 21.9 Å². The van der Waals surface area contributed by atoms with Gasteiger partial charge in [-0.15, -0.1) is 10.2 Å². The number of hydrogen-bond donors (Lipinski definition) is 2. The van der Waals surface area contributed by atoms with E-state index in [9.17, 15) is 9.90 Å². The summed E-state index contributed by atoms with van der Waals surface area (Å²) in [6.07, 6.45) is 2.49. The summed E-state index contributed by atoms with van der Waals surface area (Å²) < 4.78 is 0.238. The van der Waals surface area contributed by atoms with E-state index >= 15 is 0 Å². The molecule has 0 saturated heterocycles. The summed E-state index contributed by atoms with van der Waals surface area (Å²) in [7, 11) is 0. The highest BCUT2D eigenvalue weighted by molar-refractivity contribution is 7.17. The van der Waals surface area contributed by atoms with Gasteiger partial charge in [0.2, 0.25) is 9.47 Å². The van der Waals surface area contributed by atoms with Crippen molar-refractivity contribution in [3.8, 4) is 0 Å². The highest BCUT2D eigenvalue weighted by Crippen LogP contribution is 2.30. The maximum absolute atomic E-state index is 11.5. The molecule has 5 nitrogen and oxygen atoms in total. The Balaban J connectivity index is 1.87. The highest BCUT2D eigenvalue weighted by atomic mass is 35.5. The summed E-state index contributed by atoms with van der Waals surface area (Å²) in [5, 5.41) is 19.7. The van der Waals surface area contributed by atoms with Crippen LogP contribution in [-0.2, 0) is 0 Å². The third-order valence-corrected chi connectivity index (χ3v) is 3.47. The Hall–Kier alpha value is -0.720. The Morgan fingerprint density at radius 2 is 2.33 bits per heavy atom. The minimum Gasteiger partial charge on any atom is -0.388 e. The lowest BCUT2D eigenvalue weighted by molar-refractivity contribution is -0.0300. The predicted molar refractivity (Wildman–Crippen MR) is 56.1 cm³/mol. The third kappa shape index (κ3) is 2.45. The molecule has 7 heteroatoms. The zero-order valence-electron chi connectivity index (χ0n) is 7.86. The van der Waals surface area contributed by atoms with Crippen LogP contribution in [0.15, 0.2) is 0 Å². The molecule has 0 radical (unpaired) electrons. The molecule has 1 fully saturated rings. The lowest BCUT2D eigenvalue weighted by atomic mass is 9.80. The van der Waals surface area contributed by atoms with E-state index in [2.05, 4.69) is 15.5 Å². The van der Waals surface area contributed by atoms with Gasteiger partial charge >= 0.3 is 0 Å². The quantitative estimate of drug-likeness (QED) is 0.830. The van der Waals surface area contributed by atoms with Gasteiger partial charge in [0.1, 0.15) is 0 Å². The zero-order chi connectivity index (χ0) is 10.9. The van der Waals surface area contributed by atoms with Gasteiger partial charge in [0.05, 0.1) is 5.60 Å². The van der Waals surface area contributed by atoms with E-state index < -0.39 is 5.60 Å². The number of carbonyl (C=O) groups excluding carboxylic acids is 1. The summed E-state index contributed by atoms with van der Waals surface area (Å²) in [5.74, 6) is -0.334. The fraction of sp³-hybridized carbons (Fsp3) is 0.625. The Labute approximate surface area is 95.5 Å². The van der Waals surface area contributed by atoms with Crippen LogP contribution in [0.2, 0.25) is 4.47 Å². The van der Waals surface area contributed by atoms with Crippen molar-refractivity contribution >= 4 is 28.8 Å². The molecule has 0 aliphatic heterocycles. The molecule has 1 aliphatic rings. The van der Waals surface area contributed by atoms with Crippen LogP contribution in [0.1, 0.15) is 29.1 Å². The van der Waals surface area contributed by atoms with Gasteiger partial charge in [0.25, 0.3) is 5.91 Å². The van der Waals surface area contributed by atoms with Crippen LogP contribution >= 0.6 is 22.9 Å². The minimum atomic E-state index is -0.718. The molecule has 2 N–H and O–H groups in total. The van der Waals surface area contributed by atoms with E-state index in [1.807, 2.05) is 0 Å². The molecule has 1 aromatic heterocycles. The van der Waals surface area contributed by atoms with Crippen LogP contribution in [0.5, 0.6) is 0 Å². The fourth-order valence-corrected chi connectivity index (χ4v) is 2.12. The first-order chi connectivity index (χ1) is 7.09. The topological polar surface area (TPSA) is 75.1 Å². The van der Waals surface area contributed by atoms with Gasteiger partial charge in [-0.2, -0.15) is 0 Å². The van der Waals surface area contributed by atoms with Crippen LogP contribution in [-0.4, -0.2) is 33.4 Å². The Kier molecular flexibility index (Phi) is 2.90. The number of nitrogens with one attached hydrogen (secondary N) is 1. The minimum absolute atomic E-state index is 0.225. The highest BCUT2D eigenvalue weighted by Gasteiger charge is 2.34. The Bertz CT molecular complexity index is 378. The maximum Gasteiger partial charge on any atom is 0.282 e. The molecule has 1 aliphatic carbocycles. The molecule has 82 valence electrons. The molecule has 1 saturated carbocycles. The number of amides is 1. The number of hydrogen-bond acceptors (Lipinski definition) is 5. The molecule has 0 bridgehead atoms. The number of aliphatic hydroxyl groups is 1. The van der Waals surface area contributed by atoms with E-state index in [4.69, 9.17) is 11.6 Å². The number of rotatable bonds is 3. The SMILES string of the molecule is O=C(NCC1(O)CCC1)c1nnc(Cl)s1. The molecule has 1 heterocycles. The van der Waals surface area contributed by atoms with Crippen molar-refractivity contribution < 1.29 is 9.90 Å². The number of aromatic nitrogens is 2. The molecular weight excluding hydrogens is 238 g/mol. The lowest BCUT2D eigenvalue weighted by Crippen LogP contribution is -2.47. The molecule has 0 atom stereocenters. The standard InChI is InChI=1S/C8H10ClN3O2S/c9-7-12-11-6(15-7)5(13)10-4-8(14)2-1-3-8/h14H,1-4H2,(H,10,13). The van der Waals surface area contributed by atoms with Crippen molar-refractivity contribution in [2.24, 2.45) is 0 Å². The Morgan fingerprint density at radius 3 is 2.80 bits per heavy atom. The van der Waals surface area contributed by atoms with Crippen molar-refractivity contribution in [2.75, 3.05) is 6.54 Å². The molecule has 0 spiro atoms. The fourth-order valence-electron chi connectivity index (χ4n) is 1.38. The van der Waals surface area contributed by atoms with Gasteiger partial charge < -0.3 is 10.4 Å². The Morgan fingerprint density at radius 1 is 1.60 bits per heavy atom. The maximum atomic E-state index is 11.5. The molecular formula is C8H10ClN3O2S. The van der Waals surface area contributed by atoms with Crippen molar-refractivity contribution in [3.63, 3.8) is 0 Å². The second-order valence-electron chi connectivity index (χ2n) is 3.62. The van der Waals surface area contributed by atoms with Gasteiger partial charge in [-0.25, -0.2) is 0 Å². The molecule has 2 rings (SSSR count). The van der Waals surface area contributed by atoms with E-state index in [1.54, 1.807) is 0 Å². The molecule has 0 aromatic carbocycles. The van der Waals surface area contributed by atoms with Gasteiger partial charge in [-0.3, -0.25) is 4.79 Å². The van der Waals surface area contributed by atoms with Gasteiger partial charge in [-0.1, -0.05) is 11.3 Å². The first-order valence-corrected chi connectivity index (χ1v) is 5.78. The van der Waals surface area contributed by atoms with Crippen LogP contribution in [0.4, 0.5) is 0 Å². The van der Waals surface area contributed by atoms with Gasteiger partial charge in [-0.05, 0) is 30.9 Å². The van der Waals surface area contributed by atoms with E-state index in [0.717, 1.165) is 30.6 Å². The van der Waals surface area contributed by atoms with Crippen molar-refractivity contribution in [1.29, 1.82) is 0 Å². The summed E-state index contributed by atoms with van der Waals surface area (Å²) in [5.41, 5.74) is -0.718. The summed E-state index contributed by atoms with van der Waals surface area (Å²) >= 11 is 6.57. The average molecular weight is 248 g/mol. The number of carbonyl (C=O) groups is 1. The van der Waals surface area contributed by atoms with Gasteiger partial charge in [0, 0.05) is 6.54 Å². The molecule has 0 unspecified atom stereocenters. The van der Waals surface area contributed by atoms with Gasteiger partial charge in [0.15, 0.2) is 0 Å². The number of nitrogens with zero attached hydrogens (tertiary/aromatic N) is 2. The molecule has 1 aromatic rings. The molecule has 1 amide bonds. The van der Waals surface area contributed by atoms with Crippen molar-refractivity contribution in [3.05, 3.63) is 9.47 Å². The predicted octanol–water partition coefficient (Wildman–Crippen LogP) is 0.836. The summed E-state index contributed by atoms with van der Waals surface area (Å²) in [6.45, 7) is 0.267.